The Balaban J connectivity index is 1.89. The van der Waals surface area contributed by atoms with Crippen molar-refractivity contribution in [3.8, 4) is 0 Å². The minimum Gasteiger partial charge on any atom is -0.388 e. The summed E-state index contributed by atoms with van der Waals surface area (Å²) in [6, 6.07) is 0. The van der Waals surface area contributed by atoms with Crippen molar-refractivity contribution in [2.24, 2.45) is 5.92 Å². The van der Waals surface area contributed by atoms with Crippen LogP contribution in [0.5, 0.6) is 0 Å². The fraction of sp³-hybridized carbons (Fsp3) is 0.600. The molecule has 1 heterocycles. The van der Waals surface area contributed by atoms with E-state index in [0.29, 0.717) is 23.4 Å². The lowest BCUT2D eigenvalue weighted by Crippen LogP contribution is -2.36. The van der Waals surface area contributed by atoms with Crippen LogP contribution in [0.15, 0.2) is 12.4 Å². The molecule has 4 nitrogen and oxygen atoms in total. The zero-order valence-corrected chi connectivity index (χ0v) is 9.33. The molecule has 5 heteroatoms. The van der Waals surface area contributed by atoms with Gasteiger partial charge in [-0.2, -0.15) is 0 Å². The van der Waals surface area contributed by atoms with Crippen molar-refractivity contribution in [2.45, 2.75) is 25.4 Å². The maximum atomic E-state index is 10.0. The van der Waals surface area contributed by atoms with Crippen LogP contribution in [0.2, 0.25) is 5.02 Å². The third kappa shape index (κ3) is 2.79. The molecule has 1 aromatic heterocycles. The van der Waals surface area contributed by atoms with E-state index in [0.717, 1.165) is 12.8 Å². The third-order valence-corrected chi connectivity index (χ3v) is 2.88. The Kier molecular flexibility index (Phi) is 2.80. The van der Waals surface area contributed by atoms with Crippen LogP contribution in [0, 0.1) is 5.92 Å². The Hall–Kier alpha value is -0.870. The summed E-state index contributed by atoms with van der Waals surface area (Å²) in [5.74, 6) is 0.914. The van der Waals surface area contributed by atoms with Crippen LogP contribution < -0.4 is 5.32 Å². The quantitative estimate of drug-likeness (QED) is 0.822. The first kappa shape index (κ1) is 10.6. The van der Waals surface area contributed by atoms with Crippen LogP contribution in [0.3, 0.4) is 0 Å². The molecule has 0 spiro atoms. The lowest BCUT2D eigenvalue weighted by molar-refractivity contribution is 0.0502. The lowest BCUT2D eigenvalue weighted by Gasteiger charge is -2.23. The van der Waals surface area contributed by atoms with Gasteiger partial charge in [0.1, 0.15) is 0 Å². The zero-order chi connectivity index (χ0) is 10.9. The second-order valence-corrected chi connectivity index (χ2v) is 4.65. The van der Waals surface area contributed by atoms with E-state index in [9.17, 15) is 5.11 Å². The summed E-state index contributed by atoms with van der Waals surface area (Å²) in [7, 11) is 0. The van der Waals surface area contributed by atoms with E-state index in [-0.39, 0.29) is 0 Å². The van der Waals surface area contributed by atoms with Crippen LogP contribution in [-0.4, -0.2) is 27.2 Å². The molecule has 0 aliphatic heterocycles. The molecule has 1 aromatic rings. The second kappa shape index (κ2) is 3.94. The first-order chi connectivity index (χ1) is 7.08. The van der Waals surface area contributed by atoms with Crippen molar-refractivity contribution in [3.05, 3.63) is 17.4 Å². The number of halogens is 1. The van der Waals surface area contributed by atoms with Crippen LogP contribution in [-0.2, 0) is 0 Å². The number of aliphatic hydroxyl groups is 1. The Morgan fingerprint density at radius 3 is 2.67 bits per heavy atom. The summed E-state index contributed by atoms with van der Waals surface area (Å²) in [4.78, 5) is 7.99. The SMILES string of the molecule is CC(O)(CNc1ncc(Cl)cn1)C1CC1. The number of rotatable bonds is 4. The maximum absolute atomic E-state index is 10.0. The molecule has 1 fully saturated rings. The molecule has 0 amide bonds. The van der Waals surface area contributed by atoms with Crippen molar-refractivity contribution in [3.63, 3.8) is 0 Å². The Morgan fingerprint density at radius 2 is 2.13 bits per heavy atom. The number of hydrogen-bond donors (Lipinski definition) is 2. The molecule has 15 heavy (non-hydrogen) atoms. The van der Waals surface area contributed by atoms with E-state index in [2.05, 4.69) is 15.3 Å². The maximum Gasteiger partial charge on any atom is 0.222 e. The van der Waals surface area contributed by atoms with Gasteiger partial charge in [-0.05, 0) is 25.7 Å². The number of nitrogens with one attached hydrogen (secondary N) is 1. The largest absolute Gasteiger partial charge is 0.388 e. The topological polar surface area (TPSA) is 58.0 Å². The van der Waals surface area contributed by atoms with Gasteiger partial charge in [0, 0.05) is 6.54 Å². The van der Waals surface area contributed by atoms with Crippen molar-refractivity contribution >= 4 is 17.5 Å². The van der Waals surface area contributed by atoms with Crippen molar-refractivity contribution in [1.82, 2.24) is 9.97 Å². The van der Waals surface area contributed by atoms with Gasteiger partial charge in [0.2, 0.25) is 5.95 Å². The molecule has 0 bridgehead atoms. The summed E-state index contributed by atoms with van der Waals surface area (Å²) < 4.78 is 0. The molecule has 0 aromatic carbocycles. The number of hydrogen-bond acceptors (Lipinski definition) is 4. The zero-order valence-electron chi connectivity index (χ0n) is 8.57. The van der Waals surface area contributed by atoms with Crippen molar-refractivity contribution in [1.29, 1.82) is 0 Å². The van der Waals surface area contributed by atoms with Crippen molar-refractivity contribution in [2.75, 3.05) is 11.9 Å². The molecule has 1 saturated carbocycles. The molecular weight excluding hydrogens is 214 g/mol. The first-order valence-electron chi connectivity index (χ1n) is 5.02. The summed E-state index contributed by atoms with van der Waals surface area (Å²) in [6.45, 7) is 2.31. The van der Waals surface area contributed by atoms with Crippen LogP contribution >= 0.6 is 11.6 Å². The van der Waals surface area contributed by atoms with Gasteiger partial charge in [-0.25, -0.2) is 9.97 Å². The van der Waals surface area contributed by atoms with Gasteiger partial charge in [-0.15, -0.1) is 0 Å². The van der Waals surface area contributed by atoms with Gasteiger partial charge >= 0.3 is 0 Å². The average molecular weight is 228 g/mol. The van der Waals surface area contributed by atoms with Crippen LogP contribution in [0.25, 0.3) is 0 Å². The highest BCUT2D eigenvalue weighted by molar-refractivity contribution is 6.30. The van der Waals surface area contributed by atoms with Gasteiger partial charge in [0.25, 0.3) is 0 Å². The van der Waals surface area contributed by atoms with Gasteiger partial charge in [0.05, 0.1) is 23.0 Å². The lowest BCUT2D eigenvalue weighted by atomic mass is 10.0. The van der Waals surface area contributed by atoms with E-state index in [4.69, 9.17) is 11.6 Å². The highest BCUT2D eigenvalue weighted by atomic mass is 35.5. The fourth-order valence-electron chi connectivity index (χ4n) is 1.51. The molecule has 2 rings (SSSR count). The smallest absolute Gasteiger partial charge is 0.222 e. The minimum absolute atomic E-state index is 0.414. The summed E-state index contributed by atoms with van der Waals surface area (Å²) >= 11 is 5.66. The van der Waals surface area contributed by atoms with Gasteiger partial charge < -0.3 is 10.4 Å². The molecule has 1 aliphatic rings. The average Bonchev–Trinajstić information content (AvgIpc) is 3.00. The predicted molar refractivity (Wildman–Crippen MR) is 58.9 cm³/mol. The number of nitrogens with zero attached hydrogens (tertiary/aromatic N) is 2. The molecule has 82 valence electrons. The van der Waals surface area contributed by atoms with E-state index in [1.165, 1.54) is 12.4 Å². The highest BCUT2D eigenvalue weighted by Crippen LogP contribution is 2.39. The van der Waals surface area contributed by atoms with Gasteiger partial charge in [-0.1, -0.05) is 11.6 Å². The van der Waals surface area contributed by atoms with Gasteiger partial charge in [-0.3, -0.25) is 0 Å². The standard InChI is InChI=1S/C10H14ClN3O/c1-10(15,7-2-3-7)6-14-9-12-4-8(11)5-13-9/h4-5,7,15H,2-3,6H2,1H3,(H,12,13,14). The van der Waals surface area contributed by atoms with E-state index in [1.807, 2.05) is 6.92 Å². The monoisotopic (exact) mass is 227 g/mol. The molecule has 0 saturated heterocycles. The summed E-state index contributed by atoms with van der Waals surface area (Å²) in [5, 5.41) is 13.5. The Bertz CT molecular complexity index is 335. The fourth-order valence-corrected chi connectivity index (χ4v) is 1.61. The first-order valence-corrected chi connectivity index (χ1v) is 5.39. The molecule has 1 atom stereocenters. The normalized spacial score (nSPS) is 19.7. The third-order valence-electron chi connectivity index (χ3n) is 2.68. The molecule has 1 unspecified atom stereocenters. The summed E-state index contributed by atoms with van der Waals surface area (Å²) in [5.41, 5.74) is -0.664. The molecule has 2 N–H and O–H groups in total. The minimum atomic E-state index is -0.664. The van der Waals surface area contributed by atoms with E-state index < -0.39 is 5.60 Å². The number of aromatic nitrogens is 2. The van der Waals surface area contributed by atoms with Gasteiger partial charge in [0.15, 0.2) is 0 Å². The molecule has 0 radical (unpaired) electrons. The van der Waals surface area contributed by atoms with Crippen LogP contribution in [0.4, 0.5) is 5.95 Å². The summed E-state index contributed by atoms with van der Waals surface area (Å²) in [6.07, 6.45) is 5.28. The van der Waals surface area contributed by atoms with Crippen LogP contribution in [0.1, 0.15) is 19.8 Å². The Morgan fingerprint density at radius 1 is 1.53 bits per heavy atom. The highest BCUT2D eigenvalue weighted by Gasteiger charge is 2.39. The predicted octanol–water partition coefficient (Wildman–Crippen LogP) is 1.70. The molecular formula is C10H14ClN3O. The van der Waals surface area contributed by atoms with E-state index >= 15 is 0 Å². The second-order valence-electron chi connectivity index (χ2n) is 4.21. The Labute approximate surface area is 93.7 Å². The molecule has 1 aliphatic carbocycles. The van der Waals surface area contributed by atoms with E-state index in [1.54, 1.807) is 0 Å². The number of anilines is 1. The van der Waals surface area contributed by atoms with Crippen molar-refractivity contribution < 1.29 is 5.11 Å².